The van der Waals surface area contributed by atoms with Crippen LogP contribution in [0.5, 0.6) is 0 Å². The minimum absolute atomic E-state index is 0.240. The average molecular weight is 423 g/mol. The zero-order chi connectivity index (χ0) is 22.3. The van der Waals surface area contributed by atoms with Crippen molar-refractivity contribution in [3.8, 4) is 0 Å². The first kappa shape index (κ1) is 20.7. The maximum absolute atomic E-state index is 13.4. The van der Waals surface area contributed by atoms with Crippen molar-refractivity contribution >= 4 is 23.6 Å². The van der Waals surface area contributed by atoms with E-state index in [0.717, 1.165) is 0 Å². The van der Waals surface area contributed by atoms with E-state index < -0.39 is 11.7 Å². The fourth-order valence-corrected chi connectivity index (χ4v) is 3.96. The summed E-state index contributed by atoms with van der Waals surface area (Å²) in [6.45, 7) is 4.82. The molecule has 2 aliphatic heterocycles. The molecule has 0 unspecified atom stereocenters. The molecule has 0 N–H and O–H groups in total. The van der Waals surface area contributed by atoms with Gasteiger partial charge in [0.2, 0.25) is 0 Å². The highest BCUT2D eigenvalue weighted by Gasteiger charge is 2.38. The normalized spacial score (nSPS) is 16.2. The second-order valence-electron chi connectivity index (χ2n) is 7.93. The van der Waals surface area contributed by atoms with Crippen molar-refractivity contribution < 1.29 is 23.6 Å². The Labute approximate surface area is 179 Å². The zero-order valence-corrected chi connectivity index (χ0v) is 17.3. The summed E-state index contributed by atoms with van der Waals surface area (Å²) in [5, 5.41) is 0. The van der Waals surface area contributed by atoms with Gasteiger partial charge in [-0.05, 0) is 50.2 Å². The fourth-order valence-electron chi connectivity index (χ4n) is 3.96. The van der Waals surface area contributed by atoms with Gasteiger partial charge in [-0.1, -0.05) is 6.07 Å². The molecule has 7 nitrogen and oxygen atoms in total. The van der Waals surface area contributed by atoms with Crippen LogP contribution in [0.15, 0.2) is 42.5 Å². The lowest BCUT2D eigenvalue weighted by Gasteiger charge is -2.35. The largest absolute Gasteiger partial charge is 0.335 e. The number of carbonyl (C=O) groups excluding carboxylic acids is 4. The molecular formula is C23H22FN3O4. The lowest BCUT2D eigenvalue weighted by atomic mass is 10.0. The summed E-state index contributed by atoms with van der Waals surface area (Å²) in [4.78, 5) is 54.9. The van der Waals surface area contributed by atoms with Gasteiger partial charge in [0.1, 0.15) is 5.82 Å². The van der Waals surface area contributed by atoms with Crippen LogP contribution >= 0.6 is 0 Å². The predicted octanol–water partition coefficient (Wildman–Crippen LogP) is 2.43. The number of nitrogens with zero attached hydrogens (tertiary/aromatic N) is 3. The van der Waals surface area contributed by atoms with Gasteiger partial charge in [-0.25, -0.2) is 4.39 Å². The molecule has 1 fully saturated rings. The molecular weight excluding hydrogens is 401 g/mol. The summed E-state index contributed by atoms with van der Waals surface area (Å²) < 4.78 is 13.4. The average Bonchev–Trinajstić information content (AvgIpc) is 3.02. The Hall–Kier alpha value is -3.55. The van der Waals surface area contributed by atoms with E-state index in [1.807, 2.05) is 0 Å². The standard InChI is InChI=1S/C23H22FN3O4/c1-14(2)27-22(30)18-7-6-16(13-19(18)23(27)31)21(29)26-10-8-25(9-11-26)20(28)15-4-3-5-17(24)12-15/h3-7,12-14H,8-11H2,1-2H3. The van der Waals surface area contributed by atoms with Gasteiger partial charge in [-0.15, -0.1) is 0 Å². The summed E-state index contributed by atoms with van der Waals surface area (Å²) in [5.41, 5.74) is 1.15. The van der Waals surface area contributed by atoms with Gasteiger partial charge >= 0.3 is 0 Å². The molecule has 0 saturated carbocycles. The van der Waals surface area contributed by atoms with Crippen molar-refractivity contribution in [2.24, 2.45) is 0 Å². The molecule has 0 aliphatic carbocycles. The number of carbonyl (C=O) groups is 4. The molecule has 0 radical (unpaired) electrons. The van der Waals surface area contributed by atoms with Gasteiger partial charge in [0.25, 0.3) is 23.6 Å². The molecule has 4 amide bonds. The first-order valence-electron chi connectivity index (χ1n) is 10.1. The van der Waals surface area contributed by atoms with Crippen LogP contribution in [-0.4, -0.2) is 70.5 Å². The van der Waals surface area contributed by atoms with Crippen LogP contribution in [0, 0.1) is 5.82 Å². The third kappa shape index (κ3) is 3.69. The van der Waals surface area contributed by atoms with Crippen molar-refractivity contribution in [1.29, 1.82) is 0 Å². The Morgan fingerprint density at radius 1 is 0.806 bits per heavy atom. The summed E-state index contributed by atoms with van der Waals surface area (Å²) in [5.74, 6) is -1.75. The molecule has 0 atom stereocenters. The van der Waals surface area contributed by atoms with E-state index in [2.05, 4.69) is 0 Å². The van der Waals surface area contributed by atoms with Gasteiger partial charge < -0.3 is 9.80 Å². The maximum atomic E-state index is 13.4. The number of rotatable bonds is 3. The van der Waals surface area contributed by atoms with Crippen molar-refractivity contribution in [2.45, 2.75) is 19.9 Å². The highest BCUT2D eigenvalue weighted by molar-refractivity contribution is 6.22. The van der Waals surface area contributed by atoms with E-state index in [4.69, 9.17) is 0 Å². The highest BCUT2D eigenvalue weighted by atomic mass is 19.1. The van der Waals surface area contributed by atoms with Crippen LogP contribution in [-0.2, 0) is 0 Å². The molecule has 2 aliphatic rings. The minimum atomic E-state index is -0.472. The molecule has 0 aromatic heterocycles. The number of piperazine rings is 1. The number of hydrogen-bond acceptors (Lipinski definition) is 4. The zero-order valence-electron chi connectivity index (χ0n) is 17.3. The van der Waals surface area contributed by atoms with Gasteiger partial charge in [0.05, 0.1) is 11.1 Å². The Morgan fingerprint density at radius 2 is 1.35 bits per heavy atom. The summed E-state index contributed by atoms with van der Waals surface area (Å²) in [6, 6.07) is 9.82. The summed E-state index contributed by atoms with van der Waals surface area (Å²) in [7, 11) is 0. The lowest BCUT2D eigenvalue weighted by Crippen LogP contribution is -2.50. The number of benzene rings is 2. The highest BCUT2D eigenvalue weighted by Crippen LogP contribution is 2.26. The van der Waals surface area contributed by atoms with Crippen molar-refractivity contribution in [1.82, 2.24) is 14.7 Å². The molecule has 8 heteroatoms. The van der Waals surface area contributed by atoms with E-state index >= 15 is 0 Å². The first-order chi connectivity index (χ1) is 14.8. The smallest absolute Gasteiger partial charge is 0.261 e. The number of halogens is 1. The van der Waals surface area contributed by atoms with Crippen molar-refractivity contribution in [2.75, 3.05) is 26.2 Å². The number of amides is 4. The van der Waals surface area contributed by atoms with Crippen molar-refractivity contribution in [3.63, 3.8) is 0 Å². The van der Waals surface area contributed by atoms with Crippen LogP contribution < -0.4 is 0 Å². The fraction of sp³-hybridized carbons (Fsp3) is 0.304. The molecule has 4 rings (SSSR count). The van der Waals surface area contributed by atoms with E-state index in [1.54, 1.807) is 35.8 Å². The van der Waals surface area contributed by atoms with E-state index in [0.29, 0.717) is 37.3 Å². The molecule has 0 spiro atoms. The second kappa shape index (κ2) is 7.94. The number of imide groups is 1. The quantitative estimate of drug-likeness (QED) is 0.711. The Balaban J connectivity index is 1.45. The van der Waals surface area contributed by atoms with Gasteiger partial charge in [-0.2, -0.15) is 0 Å². The predicted molar refractivity (Wildman–Crippen MR) is 110 cm³/mol. The van der Waals surface area contributed by atoms with E-state index in [-0.39, 0.29) is 34.9 Å². The van der Waals surface area contributed by atoms with Crippen LogP contribution in [0.3, 0.4) is 0 Å². The molecule has 1 saturated heterocycles. The van der Waals surface area contributed by atoms with Gasteiger partial charge in [-0.3, -0.25) is 24.1 Å². The number of fused-ring (bicyclic) bond motifs is 1. The maximum Gasteiger partial charge on any atom is 0.261 e. The first-order valence-corrected chi connectivity index (χ1v) is 10.1. The number of hydrogen-bond donors (Lipinski definition) is 0. The minimum Gasteiger partial charge on any atom is -0.335 e. The second-order valence-corrected chi connectivity index (χ2v) is 7.93. The van der Waals surface area contributed by atoms with E-state index in [9.17, 15) is 23.6 Å². The van der Waals surface area contributed by atoms with Gasteiger partial charge in [0, 0.05) is 43.3 Å². The molecule has 160 valence electrons. The Kier molecular flexibility index (Phi) is 5.31. The van der Waals surface area contributed by atoms with E-state index in [1.165, 1.54) is 35.2 Å². The lowest BCUT2D eigenvalue weighted by molar-refractivity contribution is 0.0535. The van der Waals surface area contributed by atoms with Crippen molar-refractivity contribution in [3.05, 3.63) is 70.5 Å². The summed E-state index contributed by atoms with van der Waals surface area (Å²) >= 11 is 0. The molecule has 31 heavy (non-hydrogen) atoms. The monoisotopic (exact) mass is 423 g/mol. The third-order valence-electron chi connectivity index (χ3n) is 5.61. The summed E-state index contributed by atoms with van der Waals surface area (Å²) in [6.07, 6.45) is 0. The Bertz CT molecular complexity index is 1090. The SMILES string of the molecule is CC(C)N1C(=O)c2ccc(C(=O)N3CCN(C(=O)c4cccc(F)c4)CC3)cc2C1=O. The third-order valence-corrected chi connectivity index (χ3v) is 5.61. The van der Waals surface area contributed by atoms with Crippen LogP contribution in [0.2, 0.25) is 0 Å². The molecule has 0 bridgehead atoms. The topological polar surface area (TPSA) is 78.0 Å². The van der Waals surface area contributed by atoms with Crippen LogP contribution in [0.4, 0.5) is 4.39 Å². The molecule has 2 aromatic rings. The van der Waals surface area contributed by atoms with Gasteiger partial charge in [0.15, 0.2) is 0 Å². The Morgan fingerprint density at radius 3 is 1.90 bits per heavy atom. The van der Waals surface area contributed by atoms with Crippen LogP contribution in [0.1, 0.15) is 55.3 Å². The molecule has 2 heterocycles. The van der Waals surface area contributed by atoms with Crippen LogP contribution in [0.25, 0.3) is 0 Å². The molecule has 2 aromatic carbocycles.